The van der Waals surface area contributed by atoms with Gasteiger partial charge < -0.3 is 10.1 Å². The predicted octanol–water partition coefficient (Wildman–Crippen LogP) is 0.669. The Balaban J connectivity index is 1.36. The van der Waals surface area contributed by atoms with Gasteiger partial charge in [0.15, 0.2) is 0 Å². The van der Waals surface area contributed by atoms with Gasteiger partial charge >= 0.3 is 11.9 Å². The first-order chi connectivity index (χ1) is 12.2. The molecule has 0 radical (unpaired) electrons. The van der Waals surface area contributed by atoms with Crippen LogP contribution < -0.4 is 5.32 Å². The first-order valence-electron chi connectivity index (χ1n) is 9.15. The van der Waals surface area contributed by atoms with E-state index in [-0.39, 0.29) is 13.0 Å². The highest BCUT2D eigenvalue weighted by Gasteiger charge is 2.26. The average Bonchev–Trinajstić information content (AvgIpc) is 2.63. The third-order valence-electron chi connectivity index (χ3n) is 5.00. The van der Waals surface area contributed by atoms with Gasteiger partial charge in [0.2, 0.25) is 0 Å². The van der Waals surface area contributed by atoms with Crippen molar-refractivity contribution >= 4 is 11.9 Å². The average molecular weight is 345 g/mol. The summed E-state index contributed by atoms with van der Waals surface area (Å²) in [5.41, 5.74) is 0.857. The molecule has 2 saturated heterocycles. The minimum Gasteiger partial charge on any atom is -0.392 e. The molecule has 1 aromatic carbocycles. The van der Waals surface area contributed by atoms with Gasteiger partial charge in [-0.2, -0.15) is 0 Å². The Kier molecular flexibility index (Phi) is 6.55. The first kappa shape index (κ1) is 18.0. The largest absolute Gasteiger partial charge is 0.392 e. The van der Waals surface area contributed by atoms with Crippen LogP contribution in [-0.2, 0) is 20.7 Å². The van der Waals surface area contributed by atoms with Gasteiger partial charge in [0.05, 0.1) is 13.0 Å². The molecule has 0 atom stereocenters. The van der Waals surface area contributed by atoms with Crippen LogP contribution in [0.4, 0.5) is 0 Å². The second-order valence-corrected chi connectivity index (χ2v) is 6.80. The molecule has 0 spiro atoms. The molecule has 2 aliphatic rings. The van der Waals surface area contributed by atoms with Crippen molar-refractivity contribution in [3.8, 4) is 0 Å². The number of benzene rings is 1. The summed E-state index contributed by atoms with van der Waals surface area (Å²) in [5, 5.41) is 3.39. The quantitative estimate of drug-likeness (QED) is 0.625. The molecule has 0 amide bonds. The lowest BCUT2D eigenvalue weighted by Crippen LogP contribution is -2.53. The number of nitrogens with zero attached hydrogens (tertiary/aromatic N) is 2. The van der Waals surface area contributed by atoms with E-state index in [1.165, 1.54) is 12.8 Å². The molecule has 2 heterocycles. The van der Waals surface area contributed by atoms with E-state index in [0.29, 0.717) is 6.04 Å². The zero-order valence-corrected chi connectivity index (χ0v) is 14.7. The summed E-state index contributed by atoms with van der Waals surface area (Å²) in [6.07, 6.45) is 2.54. The summed E-state index contributed by atoms with van der Waals surface area (Å²) in [7, 11) is 0. The van der Waals surface area contributed by atoms with Crippen LogP contribution in [0.15, 0.2) is 30.3 Å². The zero-order chi connectivity index (χ0) is 17.5. The van der Waals surface area contributed by atoms with Crippen LogP contribution in [0, 0.1) is 0 Å². The Bertz CT molecular complexity index is 565. The number of nitrogens with one attached hydrogen (secondary N) is 1. The smallest absolute Gasteiger partial charge is 0.327 e. The van der Waals surface area contributed by atoms with E-state index in [9.17, 15) is 9.59 Å². The molecule has 0 saturated carbocycles. The van der Waals surface area contributed by atoms with Gasteiger partial charge in [0.1, 0.15) is 0 Å². The molecule has 25 heavy (non-hydrogen) atoms. The molecular formula is C19H27N3O3. The Morgan fingerprint density at radius 1 is 1.00 bits per heavy atom. The number of hydrogen-bond acceptors (Lipinski definition) is 6. The normalized spacial score (nSPS) is 20.3. The van der Waals surface area contributed by atoms with Gasteiger partial charge in [0.25, 0.3) is 0 Å². The maximum absolute atomic E-state index is 12.0. The number of ether oxygens (including phenoxy) is 1. The van der Waals surface area contributed by atoms with E-state index < -0.39 is 11.9 Å². The monoisotopic (exact) mass is 345 g/mol. The Morgan fingerprint density at radius 2 is 1.68 bits per heavy atom. The minimum atomic E-state index is -0.482. The van der Waals surface area contributed by atoms with Gasteiger partial charge in [-0.25, -0.2) is 0 Å². The summed E-state index contributed by atoms with van der Waals surface area (Å²) in [6.45, 7) is 6.06. The number of piperidine rings is 1. The molecule has 2 aliphatic heterocycles. The van der Waals surface area contributed by atoms with Crippen LogP contribution in [0.25, 0.3) is 0 Å². The highest BCUT2D eigenvalue weighted by atomic mass is 16.6. The molecule has 1 aromatic rings. The Labute approximate surface area is 149 Å². The van der Waals surface area contributed by atoms with E-state index in [4.69, 9.17) is 4.74 Å². The molecule has 0 aromatic heterocycles. The van der Waals surface area contributed by atoms with Gasteiger partial charge in [-0.3, -0.25) is 19.4 Å². The summed E-state index contributed by atoms with van der Waals surface area (Å²) < 4.78 is 4.96. The van der Waals surface area contributed by atoms with Crippen LogP contribution in [0.3, 0.4) is 0 Å². The first-order valence-corrected chi connectivity index (χ1v) is 9.15. The summed E-state index contributed by atoms with van der Waals surface area (Å²) >= 11 is 0. The standard InChI is InChI=1S/C19H27N3O3/c23-18(14-16-4-2-1-3-5-16)25-19(24)15-21-10-12-22(13-11-21)17-6-8-20-9-7-17/h1-5,17,20H,6-15H2. The number of carbonyl (C=O) groups is 2. The van der Waals surface area contributed by atoms with Crippen molar-refractivity contribution < 1.29 is 14.3 Å². The second kappa shape index (κ2) is 9.08. The fraction of sp³-hybridized carbons (Fsp3) is 0.579. The summed E-state index contributed by atoms with van der Waals surface area (Å²) in [4.78, 5) is 28.4. The topological polar surface area (TPSA) is 61.9 Å². The molecule has 6 heteroatoms. The van der Waals surface area contributed by atoms with Crippen LogP contribution in [0.2, 0.25) is 0 Å². The number of piperazine rings is 1. The molecule has 2 fully saturated rings. The van der Waals surface area contributed by atoms with Crippen molar-refractivity contribution in [2.45, 2.75) is 25.3 Å². The van der Waals surface area contributed by atoms with Crippen molar-refractivity contribution in [2.24, 2.45) is 0 Å². The second-order valence-electron chi connectivity index (χ2n) is 6.80. The van der Waals surface area contributed by atoms with Crippen molar-refractivity contribution in [1.82, 2.24) is 15.1 Å². The van der Waals surface area contributed by atoms with Gasteiger partial charge in [-0.05, 0) is 31.5 Å². The SMILES string of the molecule is O=C(Cc1ccccc1)OC(=O)CN1CCN(C2CCNCC2)CC1. The lowest BCUT2D eigenvalue weighted by atomic mass is 10.0. The van der Waals surface area contributed by atoms with Crippen molar-refractivity contribution in [3.05, 3.63) is 35.9 Å². The lowest BCUT2D eigenvalue weighted by molar-refractivity contribution is -0.160. The van der Waals surface area contributed by atoms with Gasteiger partial charge in [-0.1, -0.05) is 30.3 Å². The summed E-state index contributed by atoms with van der Waals surface area (Å²) in [6, 6.07) is 10.0. The highest BCUT2D eigenvalue weighted by Crippen LogP contribution is 2.14. The molecule has 1 N–H and O–H groups in total. The fourth-order valence-electron chi connectivity index (χ4n) is 3.60. The maximum Gasteiger partial charge on any atom is 0.327 e. The number of rotatable bonds is 5. The van der Waals surface area contributed by atoms with Crippen LogP contribution in [0.5, 0.6) is 0 Å². The van der Waals surface area contributed by atoms with Crippen molar-refractivity contribution in [3.63, 3.8) is 0 Å². The Hall–Kier alpha value is -1.76. The van der Waals surface area contributed by atoms with E-state index in [2.05, 4.69) is 15.1 Å². The van der Waals surface area contributed by atoms with Gasteiger partial charge in [0, 0.05) is 32.2 Å². The third kappa shape index (κ3) is 5.63. The highest BCUT2D eigenvalue weighted by molar-refractivity contribution is 5.87. The minimum absolute atomic E-state index is 0.135. The lowest BCUT2D eigenvalue weighted by Gasteiger charge is -2.40. The molecule has 3 rings (SSSR count). The van der Waals surface area contributed by atoms with E-state index in [1.54, 1.807) is 0 Å². The molecule has 0 bridgehead atoms. The van der Waals surface area contributed by atoms with E-state index >= 15 is 0 Å². The molecule has 0 aliphatic carbocycles. The van der Waals surface area contributed by atoms with Crippen LogP contribution in [-0.4, -0.2) is 73.6 Å². The molecule has 136 valence electrons. The van der Waals surface area contributed by atoms with Gasteiger partial charge in [-0.15, -0.1) is 0 Å². The third-order valence-corrected chi connectivity index (χ3v) is 5.00. The molecule has 0 unspecified atom stereocenters. The number of carbonyl (C=O) groups excluding carboxylic acids is 2. The maximum atomic E-state index is 12.0. The fourth-order valence-corrected chi connectivity index (χ4v) is 3.60. The Morgan fingerprint density at radius 3 is 2.36 bits per heavy atom. The van der Waals surface area contributed by atoms with E-state index in [0.717, 1.165) is 44.8 Å². The van der Waals surface area contributed by atoms with E-state index in [1.807, 2.05) is 30.3 Å². The molecule has 6 nitrogen and oxygen atoms in total. The van der Waals surface area contributed by atoms with Crippen LogP contribution >= 0.6 is 0 Å². The zero-order valence-electron chi connectivity index (χ0n) is 14.7. The van der Waals surface area contributed by atoms with Crippen molar-refractivity contribution in [1.29, 1.82) is 0 Å². The van der Waals surface area contributed by atoms with Crippen molar-refractivity contribution in [2.75, 3.05) is 45.8 Å². The summed E-state index contributed by atoms with van der Waals surface area (Å²) in [5.74, 6) is -0.930. The number of hydrogen-bond donors (Lipinski definition) is 1. The predicted molar refractivity (Wildman–Crippen MR) is 95.1 cm³/mol. The number of esters is 2. The van der Waals surface area contributed by atoms with Crippen LogP contribution in [0.1, 0.15) is 18.4 Å². The molecular weight excluding hydrogens is 318 g/mol.